The molecular formula is C19H28FN3O2. The van der Waals surface area contributed by atoms with Gasteiger partial charge in [0.15, 0.2) is 5.78 Å². The minimum atomic E-state index is -0.375. The molecule has 1 aromatic rings. The van der Waals surface area contributed by atoms with Crippen LogP contribution in [0.1, 0.15) is 45.0 Å². The predicted octanol–water partition coefficient (Wildman–Crippen LogP) is 2.45. The third kappa shape index (κ3) is 5.01. The largest absolute Gasteiger partial charge is 0.367 e. The first-order chi connectivity index (χ1) is 11.6. The number of halogens is 1. The first kappa shape index (κ1) is 19.4. The van der Waals surface area contributed by atoms with E-state index in [1.54, 1.807) is 12.1 Å². The standard InChI is InChI=1S/C19H28FN3O2/c1-13(18(25)21-19(3,4)5)22-8-10-23(11-9-22)17-7-6-15(14(2)24)12-16(17)20/h6-7,12-13H,8-11H2,1-5H3,(H,21,25). The summed E-state index contributed by atoms with van der Waals surface area (Å²) in [5.74, 6) is -0.508. The van der Waals surface area contributed by atoms with Crippen molar-refractivity contribution in [3.05, 3.63) is 29.6 Å². The number of rotatable bonds is 4. The Bertz CT molecular complexity index is 647. The molecule has 1 heterocycles. The van der Waals surface area contributed by atoms with E-state index in [9.17, 15) is 14.0 Å². The predicted molar refractivity (Wildman–Crippen MR) is 97.5 cm³/mol. The normalized spacial score (nSPS) is 17.3. The molecule has 0 aliphatic carbocycles. The van der Waals surface area contributed by atoms with Crippen LogP contribution in [0.2, 0.25) is 0 Å². The highest BCUT2D eigenvalue weighted by Gasteiger charge is 2.28. The van der Waals surface area contributed by atoms with E-state index in [2.05, 4.69) is 10.2 Å². The summed E-state index contributed by atoms with van der Waals surface area (Å²) in [5.41, 5.74) is 0.637. The van der Waals surface area contributed by atoms with E-state index in [0.29, 0.717) is 37.4 Å². The van der Waals surface area contributed by atoms with Gasteiger partial charge in [0.25, 0.3) is 0 Å². The number of nitrogens with zero attached hydrogens (tertiary/aromatic N) is 2. The van der Waals surface area contributed by atoms with Crippen molar-refractivity contribution < 1.29 is 14.0 Å². The zero-order valence-corrected chi connectivity index (χ0v) is 15.7. The van der Waals surface area contributed by atoms with E-state index in [1.165, 1.54) is 13.0 Å². The molecule has 1 saturated heterocycles. The molecule has 0 bridgehead atoms. The highest BCUT2D eigenvalue weighted by Crippen LogP contribution is 2.23. The second-order valence-electron chi connectivity index (χ2n) is 7.66. The molecule has 1 aliphatic rings. The summed E-state index contributed by atoms with van der Waals surface area (Å²) < 4.78 is 14.3. The molecule has 5 nitrogen and oxygen atoms in total. The van der Waals surface area contributed by atoms with Gasteiger partial charge < -0.3 is 10.2 Å². The van der Waals surface area contributed by atoms with Gasteiger partial charge in [0, 0.05) is 37.3 Å². The van der Waals surface area contributed by atoms with Crippen molar-refractivity contribution in [2.75, 3.05) is 31.1 Å². The average Bonchev–Trinajstić information content (AvgIpc) is 2.52. The van der Waals surface area contributed by atoms with Crippen molar-refractivity contribution in [2.24, 2.45) is 0 Å². The molecule has 0 radical (unpaired) electrons. The zero-order valence-electron chi connectivity index (χ0n) is 15.7. The van der Waals surface area contributed by atoms with Gasteiger partial charge in [-0.15, -0.1) is 0 Å². The lowest BCUT2D eigenvalue weighted by molar-refractivity contribution is -0.127. The lowest BCUT2D eigenvalue weighted by atomic mass is 10.1. The van der Waals surface area contributed by atoms with Gasteiger partial charge in [-0.05, 0) is 52.8 Å². The molecule has 1 amide bonds. The molecular weight excluding hydrogens is 321 g/mol. The lowest BCUT2D eigenvalue weighted by Gasteiger charge is -2.39. The van der Waals surface area contributed by atoms with Crippen LogP contribution in [0.25, 0.3) is 0 Å². The summed E-state index contributed by atoms with van der Waals surface area (Å²) in [6.45, 7) is 11.9. The van der Waals surface area contributed by atoms with Gasteiger partial charge in [-0.2, -0.15) is 0 Å². The molecule has 1 aliphatic heterocycles. The summed E-state index contributed by atoms with van der Waals surface area (Å²) in [6, 6.07) is 4.40. The molecule has 1 unspecified atom stereocenters. The third-order valence-corrected chi connectivity index (χ3v) is 4.43. The Morgan fingerprint density at radius 2 is 1.76 bits per heavy atom. The molecule has 1 fully saturated rings. The van der Waals surface area contributed by atoms with Gasteiger partial charge >= 0.3 is 0 Å². The van der Waals surface area contributed by atoms with Gasteiger partial charge in [0.1, 0.15) is 5.82 Å². The second kappa shape index (κ2) is 7.52. The molecule has 2 rings (SSSR count). The summed E-state index contributed by atoms with van der Waals surface area (Å²) in [6.07, 6.45) is 0. The van der Waals surface area contributed by atoms with Crippen molar-refractivity contribution in [1.82, 2.24) is 10.2 Å². The highest BCUT2D eigenvalue weighted by atomic mass is 19.1. The van der Waals surface area contributed by atoms with Gasteiger partial charge in [0.05, 0.1) is 11.7 Å². The molecule has 6 heteroatoms. The molecule has 0 aromatic heterocycles. The molecule has 1 N–H and O–H groups in total. The zero-order chi connectivity index (χ0) is 18.8. The van der Waals surface area contributed by atoms with Crippen LogP contribution >= 0.6 is 0 Å². The Hall–Kier alpha value is -1.95. The molecule has 1 aromatic carbocycles. The van der Waals surface area contributed by atoms with Crippen molar-refractivity contribution in [1.29, 1.82) is 0 Å². The maximum absolute atomic E-state index is 14.3. The Morgan fingerprint density at radius 3 is 2.24 bits per heavy atom. The second-order valence-corrected chi connectivity index (χ2v) is 7.66. The summed E-state index contributed by atoms with van der Waals surface area (Å²) >= 11 is 0. The fourth-order valence-electron chi connectivity index (χ4n) is 2.97. The van der Waals surface area contributed by atoms with E-state index >= 15 is 0 Å². The van der Waals surface area contributed by atoms with Crippen LogP contribution < -0.4 is 10.2 Å². The van der Waals surface area contributed by atoms with E-state index in [0.717, 1.165) is 0 Å². The van der Waals surface area contributed by atoms with Crippen LogP contribution in [0.4, 0.5) is 10.1 Å². The van der Waals surface area contributed by atoms with Crippen LogP contribution in [0.15, 0.2) is 18.2 Å². The number of carbonyl (C=O) groups excluding carboxylic acids is 2. The molecule has 1 atom stereocenters. The molecule has 0 spiro atoms. The van der Waals surface area contributed by atoms with Crippen molar-refractivity contribution in [2.45, 2.75) is 46.2 Å². The number of hydrogen-bond donors (Lipinski definition) is 1. The number of ketones is 1. The quantitative estimate of drug-likeness (QED) is 0.849. The minimum absolute atomic E-state index is 0.0120. The number of amides is 1. The third-order valence-electron chi connectivity index (χ3n) is 4.43. The Labute approximate surface area is 149 Å². The Kier molecular flexibility index (Phi) is 5.83. The minimum Gasteiger partial charge on any atom is -0.367 e. The summed E-state index contributed by atoms with van der Waals surface area (Å²) in [7, 11) is 0. The van der Waals surface area contributed by atoms with Crippen molar-refractivity contribution in [3.63, 3.8) is 0 Å². The van der Waals surface area contributed by atoms with E-state index in [-0.39, 0.29) is 29.1 Å². The number of Topliss-reactive ketones (excluding diaryl/α,β-unsaturated/α-hetero) is 1. The van der Waals surface area contributed by atoms with Crippen LogP contribution in [0, 0.1) is 5.82 Å². The number of carbonyl (C=O) groups is 2. The number of hydrogen-bond acceptors (Lipinski definition) is 4. The van der Waals surface area contributed by atoms with Gasteiger partial charge in [-0.3, -0.25) is 14.5 Å². The van der Waals surface area contributed by atoms with Gasteiger partial charge in [-0.1, -0.05) is 0 Å². The molecule has 138 valence electrons. The van der Waals surface area contributed by atoms with E-state index in [1.807, 2.05) is 32.6 Å². The van der Waals surface area contributed by atoms with Crippen molar-refractivity contribution >= 4 is 17.4 Å². The summed E-state index contributed by atoms with van der Waals surface area (Å²) in [4.78, 5) is 27.7. The van der Waals surface area contributed by atoms with Gasteiger partial charge in [0.2, 0.25) is 5.91 Å². The van der Waals surface area contributed by atoms with Crippen LogP contribution in [0.3, 0.4) is 0 Å². The van der Waals surface area contributed by atoms with E-state index < -0.39 is 0 Å². The smallest absolute Gasteiger partial charge is 0.237 e. The maximum Gasteiger partial charge on any atom is 0.237 e. The number of anilines is 1. The van der Waals surface area contributed by atoms with Crippen molar-refractivity contribution in [3.8, 4) is 0 Å². The van der Waals surface area contributed by atoms with Crippen LogP contribution in [-0.4, -0.2) is 54.4 Å². The SMILES string of the molecule is CC(=O)c1ccc(N2CCN(C(C)C(=O)NC(C)(C)C)CC2)c(F)c1. The highest BCUT2D eigenvalue weighted by molar-refractivity contribution is 5.94. The van der Waals surface area contributed by atoms with Crippen LogP contribution in [0.5, 0.6) is 0 Å². The Balaban J connectivity index is 1.97. The Morgan fingerprint density at radius 1 is 1.16 bits per heavy atom. The number of benzene rings is 1. The molecule has 0 saturated carbocycles. The topological polar surface area (TPSA) is 52.7 Å². The average molecular weight is 349 g/mol. The monoisotopic (exact) mass is 349 g/mol. The summed E-state index contributed by atoms with van der Waals surface area (Å²) in [5, 5.41) is 3.00. The lowest BCUT2D eigenvalue weighted by Crippen LogP contribution is -2.56. The fraction of sp³-hybridized carbons (Fsp3) is 0.579. The fourth-order valence-corrected chi connectivity index (χ4v) is 2.97. The first-order valence-electron chi connectivity index (χ1n) is 8.70. The molecule has 25 heavy (non-hydrogen) atoms. The van der Waals surface area contributed by atoms with Crippen LogP contribution in [-0.2, 0) is 4.79 Å². The van der Waals surface area contributed by atoms with E-state index in [4.69, 9.17) is 0 Å². The maximum atomic E-state index is 14.3. The van der Waals surface area contributed by atoms with Gasteiger partial charge in [-0.25, -0.2) is 4.39 Å². The number of piperazine rings is 1. The first-order valence-corrected chi connectivity index (χ1v) is 8.70. The number of nitrogens with one attached hydrogen (secondary N) is 1.